The Hall–Kier alpha value is -2.29. The molecule has 1 aromatic heterocycles. The fourth-order valence-electron chi connectivity index (χ4n) is 3.04. The van der Waals surface area contributed by atoms with Gasteiger partial charge in [-0.25, -0.2) is 18.1 Å². The lowest BCUT2D eigenvalue weighted by molar-refractivity contribution is -0.116. The molecule has 29 heavy (non-hydrogen) atoms. The van der Waals surface area contributed by atoms with E-state index < -0.39 is 10.0 Å². The number of fused-ring (bicyclic) bond motifs is 1. The number of aromatic nitrogens is 1. The van der Waals surface area contributed by atoms with Gasteiger partial charge in [-0.3, -0.25) is 4.79 Å². The Morgan fingerprint density at radius 1 is 1.10 bits per heavy atom. The zero-order valence-corrected chi connectivity index (χ0v) is 17.6. The van der Waals surface area contributed by atoms with Crippen molar-refractivity contribution in [3.05, 3.63) is 53.5 Å². The Labute approximate surface area is 174 Å². The van der Waals surface area contributed by atoms with Crippen LogP contribution < -0.4 is 10.0 Å². The van der Waals surface area contributed by atoms with Crippen molar-refractivity contribution in [2.45, 2.75) is 49.5 Å². The third-order valence-corrected chi connectivity index (χ3v) is 7.32. The topological polar surface area (TPSA) is 88.2 Å². The normalized spacial score (nSPS) is 14.2. The molecule has 0 radical (unpaired) electrons. The van der Waals surface area contributed by atoms with Crippen molar-refractivity contribution in [2.75, 3.05) is 5.32 Å². The van der Waals surface area contributed by atoms with E-state index in [-0.39, 0.29) is 16.8 Å². The number of sulfonamides is 1. The summed E-state index contributed by atoms with van der Waals surface area (Å²) in [6, 6.07) is 14.5. The molecular formula is C21H23N3O3S2. The summed E-state index contributed by atoms with van der Waals surface area (Å²) < 4.78 is 28.4. The van der Waals surface area contributed by atoms with Gasteiger partial charge in [0.25, 0.3) is 0 Å². The van der Waals surface area contributed by atoms with Crippen molar-refractivity contribution >= 4 is 43.2 Å². The Kier molecular flexibility index (Phi) is 5.94. The van der Waals surface area contributed by atoms with Gasteiger partial charge in [0.2, 0.25) is 15.9 Å². The summed E-state index contributed by atoms with van der Waals surface area (Å²) in [4.78, 5) is 17.0. The van der Waals surface area contributed by atoms with Crippen LogP contribution in [0, 0.1) is 0 Å². The molecule has 1 fully saturated rings. The van der Waals surface area contributed by atoms with E-state index >= 15 is 0 Å². The van der Waals surface area contributed by atoms with Crippen LogP contribution in [0.1, 0.15) is 37.1 Å². The third kappa shape index (κ3) is 5.41. The molecule has 0 atom stereocenters. The number of amides is 1. The molecule has 6 nitrogen and oxygen atoms in total. The molecule has 2 N–H and O–H groups in total. The first-order chi connectivity index (χ1) is 14.0. The molecule has 0 aliphatic heterocycles. The first-order valence-electron chi connectivity index (χ1n) is 9.76. The van der Waals surface area contributed by atoms with E-state index in [2.05, 4.69) is 21.1 Å². The number of para-hydroxylation sites is 1. The minimum Gasteiger partial charge on any atom is -0.326 e. The standard InChI is InChI=1S/C21H23N3O3S2/c25-20(10-3-4-11-21-23-18-8-1-2-9-19(18)28-21)22-16-6-5-7-17(14-16)29(26,27)24-15-12-13-15/h1-2,5-9,14-15,24H,3-4,10-13H2,(H,22,25). The van der Waals surface area contributed by atoms with Crippen LogP contribution in [0.15, 0.2) is 53.4 Å². The molecular weight excluding hydrogens is 406 g/mol. The van der Waals surface area contributed by atoms with E-state index in [1.54, 1.807) is 29.5 Å². The van der Waals surface area contributed by atoms with Gasteiger partial charge >= 0.3 is 0 Å². The first kappa shape index (κ1) is 20.0. The Bertz CT molecular complexity index is 1090. The highest BCUT2D eigenvalue weighted by molar-refractivity contribution is 7.89. The van der Waals surface area contributed by atoms with E-state index in [1.807, 2.05) is 18.2 Å². The highest BCUT2D eigenvalue weighted by Crippen LogP contribution is 2.24. The number of benzene rings is 2. The predicted octanol–water partition coefficient (Wildman–Crippen LogP) is 4.09. The summed E-state index contributed by atoms with van der Waals surface area (Å²) in [5.74, 6) is -0.112. The summed E-state index contributed by atoms with van der Waals surface area (Å²) in [6.45, 7) is 0. The minimum atomic E-state index is -3.53. The van der Waals surface area contributed by atoms with Crippen LogP contribution in [-0.2, 0) is 21.2 Å². The number of hydrogen-bond donors (Lipinski definition) is 2. The van der Waals surface area contributed by atoms with Gasteiger partial charge in [-0.1, -0.05) is 18.2 Å². The van der Waals surface area contributed by atoms with E-state index in [1.165, 1.54) is 10.8 Å². The molecule has 1 aliphatic rings. The number of thiazole rings is 1. The van der Waals surface area contributed by atoms with Gasteiger partial charge in [0.05, 0.1) is 20.1 Å². The van der Waals surface area contributed by atoms with Crippen LogP contribution in [0.25, 0.3) is 10.2 Å². The SMILES string of the molecule is O=C(CCCCc1nc2ccccc2s1)Nc1cccc(S(=O)(=O)NC2CC2)c1. The van der Waals surface area contributed by atoms with Gasteiger partial charge in [-0.05, 0) is 62.4 Å². The molecule has 1 aliphatic carbocycles. The summed E-state index contributed by atoms with van der Waals surface area (Å²) in [5, 5.41) is 3.89. The van der Waals surface area contributed by atoms with Crippen molar-refractivity contribution < 1.29 is 13.2 Å². The molecule has 1 saturated carbocycles. The molecule has 3 aromatic rings. The molecule has 1 amide bonds. The van der Waals surface area contributed by atoms with Gasteiger partial charge in [-0.2, -0.15) is 0 Å². The number of rotatable bonds is 9. The number of hydrogen-bond acceptors (Lipinski definition) is 5. The second-order valence-electron chi connectivity index (χ2n) is 7.25. The number of nitrogens with zero attached hydrogens (tertiary/aromatic N) is 1. The lowest BCUT2D eigenvalue weighted by atomic mass is 10.2. The first-order valence-corrected chi connectivity index (χ1v) is 12.1. The largest absolute Gasteiger partial charge is 0.326 e. The smallest absolute Gasteiger partial charge is 0.240 e. The molecule has 1 heterocycles. The summed E-state index contributed by atoms with van der Waals surface area (Å²) in [5.41, 5.74) is 1.52. The Balaban J connectivity index is 1.25. The molecule has 2 aromatic carbocycles. The summed E-state index contributed by atoms with van der Waals surface area (Å²) in [6.07, 6.45) is 4.64. The van der Waals surface area contributed by atoms with E-state index in [0.29, 0.717) is 12.1 Å². The summed E-state index contributed by atoms with van der Waals surface area (Å²) >= 11 is 1.70. The zero-order valence-electron chi connectivity index (χ0n) is 15.9. The average Bonchev–Trinajstić information content (AvgIpc) is 3.40. The zero-order chi connectivity index (χ0) is 20.3. The van der Waals surface area contributed by atoms with Crippen LogP contribution in [0.3, 0.4) is 0 Å². The van der Waals surface area contributed by atoms with Crippen molar-refractivity contribution in [3.8, 4) is 0 Å². The van der Waals surface area contributed by atoms with Crippen LogP contribution in [0.5, 0.6) is 0 Å². The lowest BCUT2D eigenvalue weighted by Crippen LogP contribution is -2.25. The van der Waals surface area contributed by atoms with E-state index in [0.717, 1.165) is 42.6 Å². The van der Waals surface area contributed by atoms with E-state index in [9.17, 15) is 13.2 Å². The van der Waals surface area contributed by atoms with Gasteiger partial charge in [-0.15, -0.1) is 11.3 Å². The lowest BCUT2D eigenvalue weighted by Gasteiger charge is -2.09. The number of nitrogens with one attached hydrogen (secondary N) is 2. The van der Waals surface area contributed by atoms with Crippen molar-refractivity contribution in [2.24, 2.45) is 0 Å². The molecule has 0 unspecified atom stereocenters. The van der Waals surface area contributed by atoms with Crippen LogP contribution >= 0.6 is 11.3 Å². The van der Waals surface area contributed by atoms with Gasteiger partial charge in [0.15, 0.2) is 0 Å². The van der Waals surface area contributed by atoms with Crippen molar-refractivity contribution in [3.63, 3.8) is 0 Å². The number of carbonyl (C=O) groups excluding carboxylic acids is 1. The van der Waals surface area contributed by atoms with Crippen LogP contribution in [0.4, 0.5) is 5.69 Å². The molecule has 8 heteroatoms. The Morgan fingerprint density at radius 3 is 2.72 bits per heavy atom. The molecule has 4 rings (SSSR count). The summed E-state index contributed by atoms with van der Waals surface area (Å²) in [7, 11) is -3.53. The number of carbonyl (C=O) groups is 1. The fourth-order valence-corrected chi connectivity index (χ4v) is 5.40. The van der Waals surface area contributed by atoms with Crippen LogP contribution in [-0.4, -0.2) is 25.4 Å². The van der Waals surface area contributed by atoms with Crippen LogP contribution in [0.2, 0.25) is 0 Å². The maximum Gasteiger partial charge on any atom is 0.240 e. The highest BCUT2D eigenvalue weighted by Gasteiger charge is 2.28. The van der Waals surface area contributed by atoms with Gasteiger partial charge < -0.3 is 5.32 Å². The number of unbranched alkanes of at least 4 members (excludes halogenated alkanes) is 1. The van der Waals surface area contributed by atoms with Gasteiger partial charge in [0, 0.05) is 18.2 Å². The molecule has 0 spiro atoms. The van der Waals surface area contributed by atoms with Crippen molar-refractivity contribution in [1.29, 1.82) is 0 Å². The number of anilines is 1. The molecule has 0 saturated heterocycles. The van der Waals surface area contributed by atoms with Gasteiger partial charge in [0.1, 0.15) is 0 Å². The second kappa shape index (κ2) is 8.61. The minimum absolute atomic E-state index is 0.0497. The molecule has 152 valence electrons. The monoisotopic (exact) mass is 429 g/mol. The molecule has 0 bridgehead atoms. The Morgan fingerprint density at radius 2 is 1.93 bits per heavy atom. The quantitative estimate of drug-likeness (QED) is 0.502. The van der Waals surface area contributed by atoms with Crippen molar-refractivity contribution in [1.82, 2.24) is 9.71 Å². The number of aryl methyl sites for hydroxylation is 1. The maximum absolute atomic E-state index is 12.3. The highest BCUT2D eigenvalue weighted by atomic mass is 32.2. The second-order valence-corrected chi connectivity index (χ2v) is 10.1. The fraction of sp³-hybridized carbons (Fsp3) is 0.333. The van der Waals surface area contributed by atoms with E-state index in [4.69, 9.17) is 0 Å². The maximum atomic E-state index is 12.3. The third-order valence-electron chi connectivity index (χ3n) is 4.71. The predicted molar refractivity (Wildman–Crippen MR) is 116 cm³/mol. The average molecular weight is 430 g/mol.